The first-order chi connectivity index (χ1) is 10.1. The first-order valence-electron chi connectivity index (χ1n) is 7.05. The number of ether oxygens (including phenoxy) is 1. The summed E-state index contributed by atoms with van der Waals surface area (Å²) in [5.74, 6) is 0.482. The second-order valence-corrected chi connectivity index (χ2v) is 6.22. The highest BCUT2D eigenvalue weighted by Gasteiger charge is 2.15. The van der Waals surface area contributed by atoms with Crippen molar-refractivity contribution in [2.75, 3.05) is 5.75 Å². The molecule has 0 saturated heterocycles. The molecule has 2 aromatic carbocycles. The fraction of sp³-hybridized carbons (Fsp3) is 0.278. The summed E-state index contributed by atoms with van der Waals surface area (Å²) in [5, 5.41) is 0. The van der Waals surface area contributed by atoms with Crippen molar-refractivity contribution in [3.05, 3.63) is 65.7 Å². The molecule has 110 valence electrons. The molecule has 2 nitrogen and oxygen atoms in total. The highest BCUT2D eigenvalue weighted by atomic mass is 32.2. The van der Waals surface area contributed by atoms with Crippen molar-refractivity contribution in [2.45, 2.75) is 25.3 Å². The normalized spacial score (nSPS) is 11.9. The van der Waals surface area contributed by atoms with Gasteiger partial charge in [0, 0.05) is 10.6 Å². The van der Waals surface area contributed by atoms with Crippen LogP contribution in [0.15, 0.2) is 59.5 Å². The highest BCUT2D eigenvalue weighted by molar-refractivity contribution is 7.99. The van der Waals surface area contributed by atoms with E-state index in [2.05, 4.69) is 25.1 Å². The summed E-state index contributed by atoms with van der Waals surface area (Å²) >= 11 is 1.69. The Morgan fingerprint density at radius 2 is 1.90 bits per heavy atom. The molecule has 1 unspecified atom stereocenters. The van der Waals surface area contributed by atoms with Gasteiger partial charge in [0.25, 0.3) is 0 Å². The summed E-state index contributed by atoms with van der Waals surface area (Å²) < 4.78 is 5.35. The number of rotatable bonds is 6. The van der Waals surface area contributed by atoms with Crippen molar-refractivity contribution in [1.29, 1.82) is 0 Å². The molecule has 2 rings (SSSR count). The number of thioether (sulfide) groups is 1. The van der Waals surface area contributed by atoms with Crippen LogP contribution in [-0.2, 0) is 16.1 Å². The molecule has 0 fully saturated rings. The number of hydrogen-bond acceptors (Lipinski definition) is 3. The molecule has 0 aliphatic heterocycles. The topological polar surface area (TPSA) is 26.3 Å². The predicted octanol–water partition coefficient (Wildman–Crippen LogP) is 4.47. The molecule has 1 atom stereocenters. The van der Waals surface area contributed by atoms with E-state index in [9.17, 15) is 4.79 Å². The van der Waals surface area contributed by atoms with Gasteiger partial charge in [-0.25, -0.2) is 0 Å². The Bertz CT molecular complexity index is 581. The standard InChI is InChI=1S/C18H20O2S/c1-14-7-6-10-17(11-14)21-13-15(2)18(19)20-12-16-8-4-3-5-9-16/h3-11,15H,12-13H2,1-2H3. The highest BCUT2D eigenvalue weighted by Crippen LogP contribution is 2.22. The first-order valence-corrected chi connectivity index (χ1v) is 8.04. The van der Waals surface area contributed by atoms with Crippen LogP contribution in [0.5, 0.6) is 0 Å². The van der Waals surface area contributed by atoms with Crippen LogP contribution in [-0.4, -0.2) is 11.7 Å². The number of esters is 1. The molecule has 0 heterocycles. The Labute approximate surface area is 130 Å². The Morgan fingerprint density at radius 1 is 1.14 bits per heavy atom. The van der Waals surface area contributed by atoms with E-state index in [1.165, 1.54) is 10.5 Å². The number of carbonyl (C=O) groups excluding carboxylic acids is 1. The van der Waals surface area contributed by atoms with Gasteiger partial charge in [-0.2, -0.15) is 0 Å². The molecular formula is C18H20O2S. The Morgan fingerprint density at radius 3 is 2.62 bits per heavy atom. The third-order valence-electron chi connectivity index (χ3n) is 3.12. The second kappa shape index (κ2) is 7.89. The van der Waals surface area contributed by atoms with Gasteiger partial charge < -0.3 is 4.74 Å². The van der Waals surface area contributed by atoms with Gasteiger partial charge in [0.1, 0.15) is 6.61 Å². The molecule has 0 spiro atoms. The van der Waals surface area contributed by atoms with E-state index in [1.807, 2.05) is 43.3 Å². The van der Waals surface area contributed by atoms with Gasteiger partial charge in [0.05, 0.1) is 5.92 Å². The molecule has 0 aromatic heterocycles. The van der Waals surface area contributed by atoms with Gasteiger partial charge in [-0.15, -0.1) is 11.8 Å². The number of aryl methyl sites for hydroxylation is 1. The zero-order chi connectivity index (χ0) is 15.1. The van der Waals surface area contributed by atoms with Crippen LogP contribution in [0.25, 0.3) is 0 Å². The molecular weight excluding hydrogens is 280 g/mol. The second-order valence-electron chi connectivity index (χ2n) is 5.12. The van der Waals surface area contributed by atoms with Crippen LogP contribution >= 0.6 is 11.8 Å². The van der Waals surface area contributed by atoms with Crippen LogP contribution in [0.2, 0.25) is 0 Å². The molecule has 0 aliphatic carbocycles. The Balaban J connectivity index is 1.77. The van der Waals surface area contributed by atoms with Crippen LogP contribution in [0.4, 0.5) is 0 Å². The third-order valence-corrected chi connectivity index (χ3v) is 4.37. The monoisotopic (exact) mass is 300 g/mol. The predicted molar refractivity (Wildman–Crippen MR) is 87.3 cm³/mol. The van der Waals surface area contributed by atoms with Crippen LogP contribution in [0.1, 0.15) is 18.1 Å². The molecule has 21 heavy (non-hydrogen) atoms. The zero-order valence-electron chi connectivity index (χ0n) is 12.4. The number of hydrogen-bond donors (Lipinski definition) is 0. The van der Waals surface area contributed by atoms with Crippen LogP contribution in [0.3, 0.4) is 0 Å². The van der Waals surface area contributed by atoms with Crippen molar-refractivity contribution in [2.24, 2.45) is 5.92 Å². The average molecular weight is 300 g/mol. The molecule has 0 radical (unpaired) electrons. The van der Waals surface area contributed by atoms with Crippen molar-refractivity contribution in [3.8, 4) is 0 Å². The Hall–Kier alpha value is -1.74. The van der Waals surface area contributed by atoms with Gasteiger partial charge in [0.15, 0.2) is 0 Å². The SMILES string of the molecule is Cc1cccc(SCC(C)C(=O)OCc2ccccc2)c1. The summed E-state index contributed by atoms with van der Waals surface area (Å²) in [6.07, 6.45) is 0. The quantitative estimate of drug-likeness (QED) is 0.582. The van der Waals surface area contributed by atoms with E-state index in [1.54, 1.807) is 11.8 Å². The molecule has 0 N–H and O–H groups in total. The van der Waals surface area contributed by atoms with E-state index < -0.39 is 0 Å². The van der Waals surface area contributed by atoms with E-state index in [-0.39, 0.29) is 11.9 Å². The van der Waals surface area contributed by atoms with Gasteiger partial charge in [-0.05, 0) is 24.6 Å². The van der Waals surface area contributed by atoms with E-state index in [0.29, 0.717) is 6.61 Å². The molecule has 0 aliphatic rings. The van der Waals surface area contributed by atoms with E-state index in [0.717, 1.165) is 11.3 Å². The fourth-order valence-electron chi connectivity index (χ4n) is 1.87. The Kier molecular flexibility index (Phi) is 5.88. The summed E-state index contributed by atoms with van der Waals surface area (Å²) in [6, 6.07) is 18.1. The molecule has 0 amide bonds. The van der Waals surface area contributed by atoms with E-state index in [4.69, 9.17) is 4.74 Å². The van der Waals surface area contributed by atoms with Gasteiger partial charge in [-0.3, -0.25) is 4.79 Å². The fourth-order valence-corrected chi connectivity index (χ4v) is 2.89. The zero-order valence-corrected chi connectivity index (χ0v) is 13.2. The smallest absolute Gasteiger partial charge is 0.309 e. The summed E-state index contributed by atoms with van der Waals surface area (Å²) in [7, 11) is 0. The van der Waals surface area contributed by atoms with Gasteiger partial charge in [0.2, 0.25) is 0 Å². The van der Waals surface area contributed by atoms with Crippen LogP contribution in [0, 0.1) is 12.8 Å². The van der Waals surface area contributed by atoms with Gasteiger partial charge >= 0.3 is 5.97 Å². The summed E-state index contributed by atoms with van der Waals surface area (Å²) in [6.45, 7) is 4.33. The van der Waals surface area contributed by atoms with Crippen LogP contribution < -0.4 is 0 Å². The summed E-state index contributed by atoms with van der Waals surface area (Å²) in [5.41, 5.74) is 2.25. The lowest BCUT2D eigenvalue weighted by Gasteiger charge is -2.11. The van der Waals surface area contributed by atoms with Gasteiger partial charge in [-0.1, -0.05) is 55.0 Å². The van der Waals surface area contributed by atoms with E-state index >= 15 is 0 Å². The first kappa shape index (κ1) is 15.6. The maximum absolute atomic E-state index is 12.0. The maximum atomic E-state index is 12.0. The summed E-state index contributed by atoms with van der Waals surface area (Å²) in [4.78, 5) is 13.2. The molecule has 3 heteroatoms. The minimum Gasteiger partial charge on any atom is -0.461 e. The van der Waals surface area contributed by atoms with Crippen molar-refractivity contribution >= 4 is 17.7 Å². The lowest BCUT2D eigenvalue weighted by molar-refractivity contribution is -0.148. The molecule has 0 saturated carbocycles. The largest absolute Gasteiger partial charge is 0.461 e. The third kappa shape index (κ3) is 5.27. The van der Waals surface area contributed by atoms with Crippen molar-refractivity contribution < 1.29 is 9.53 Å². The number of carbonyl (C=O) groups is 1. The van der Waals surface area contributed by atoms with Crippen molar-refractivity contribution in [1.82, 2.24) is 0 Å². The lowest BCUT2D eigenvalue weighted by atomic mass is 10.2. The molecule has 0 bridgehead atoms. The molecule has 2 aromatic rings. The maximum Gasteiger partial charge on any atom is 0.309 e. The minimum atomic E-state index is -0.140. The average Bonchev–Trinajstić information content (AvgIpc) is 2.51. The van der Waals surface area contributed by atoms with Crippen molar-refractivity contribution in [3.63, 3.8) is 0 Å². The minimum absolute atomic E-state index is 0.112. The lowest BCUT2D eigenvalue weighted by Crippen LogP contribution is -2.16. The number of benzene rings is 2.